The van der Waals surface area contributed by atoms with E-state index in [1.807, 2.05) is 26.0 Å². The van der Waals surface area contributed by atoms with E-state index >= 15 is 0 Å². The number of nitrogens with zero attached hydrogens (tertiary/aromatic N) is 5. The Labute approximate surface area is 191 Å². The zero-order valence-electron chi connectivity index (χ0n) is 19.3. The maximum absolute atomic E-state index is 12.9. The number of rotatable bonds is 9. The molecule has 1 unspecified atom stereocenters. The van der Waals surface area contributed by atoms with Crippen LogP contribution in [0, 0.1) is 13.8 Å². The van der Waals surface area contributed by atoms with Gasteiger partial charge in [0.25, 0.3) is 5.56 Å². The molecule has 0 bridgehead atoms. The molecule has 33 heavy (non-hydrogen) atoms. The molecule has 1 saturated heterocycles. The molecule has 0 radical (unpaired) electrons. The summed E-state index contributed by atoms with van der Waals surface area (Å²) in [5.41, 5.74) is 3.63. The molecule has 0 spiro atoms. The summed E-state index contributed by atoms with van der Waals surface area (Å²) in [4.78, 5) is 30.0. The molecule has 1 N–H and O–H groups in total. The molecular weight excluding hydrogens is 424 g/mol. The Hall–Kier alpha value is -3.11. The second-order valence-electron chi connectivity index (χ2n) is 8.46. The number of aromatic amines is 1. The summed E-state index contributed by atoms with van der Waals surface area (Å²) in [5.74, 6) is 0.137. The van der Waals surface area contributed by atoms with E-state index < -0.39 is 5.97 Å². The van der Waals surface area contributed by atoms with Crippen molar-refractivity contribution in [3.8, 4) is 0 Å². The second kappa shape index (κ2) is 10.2. The van der Waals surface area contributed by atoms with Gasteiger partial charge < -0.3 is 14.5 Å². The molecule has 1 aliphatic rings. The highest BCUT2D eigenvalue weighted by Crippen LogP contribution is 2.20. The first-order valence-corrected chi connectivity index (χ1v) is 11.3. The summed E-state index contributed by atoms with van der Waals surface area (Å²) >= 11 is 0. The van der Waals surface area contributed by atoms with Crippen LogP contribution in [0.25, 0.3) is 10.9 Å². The summed E-state index contributed by atoms with van der Waals surface area (Å²) < 4.78 is 12.3. The van der Waals surface area contributed by atoms with Gasteiger partial charge in [0.05, 0.1) is 24.8 Å². The van der Waals surface area contributed by atoms with Crippen molar-refractivity contribution in [1.82, 2.24) is 30.1 Å². The third kappa shape index (κ3) is 5.45. The third-order valence-corrected chi connectivity index (χ3v) is 6.06. The van der Waals surface area contributed by atoms with Crippen LogP contribution >= 0.6 is 0 Å². The quantitative estimate of drug-likeness (QED) is 0.487. The number of hydrogen-bond acceptors (Lipinski definition) is 8. The van der Waals surface area contributed by atoms with E-state index in [9.17, 15) is 9.59 Å². The highest BCUT2D eigenvalue weighted by molar-refractivity contribution is 5.83. The van der Waals surface area contributed by atoms with Crippen LogP contribution in [-0.4, -0.2) is 61.9 Å². The molecule has 1 aromatic carbocycles. The van der Waals surface area contributed by atoms with Crippen molar-refractivity contribution in [2.75, 3.05) is 19.8 Å². The number of aryl methyl sites for hydroxylation is 2. The highest BCUT2D eigenvalue weighted by Gasteiger charge is 2.23. The number of fused-ring (bicyclic) bond motifs is 1. The molecule has 1 fully saturated rings. The van der Waals surface area contributed by atoms with Crippen molar-refractivity contribution in [2.45, 2.75) is 59.4 Å². The SMILES string of the molecule is CCOC(=O)Cn1nnnc1CN(Cc1cc2ccc(C)c(C)c2[nH]c1=O)CC1CCCO1. The number of hydrogen-bond donors (Lipinski definition) is 1. The maximum atomic E-state index is 12.9. The Balaban J connectivity index is 1.59. The normalized spacial score (nSPS) is 16.1. The van der Waals surface area contributed by atoms with E-state index in [0.717, 1.165) is 41.5 Å². The van der Waals surface area contributed by atoms with Gasteiger partial charge in [-0.15, -0.1) is 5.10 Å². The summed E-state index contributed by atoms with van der Waals surface area (Å²) in [7, 11) is 0. The predicted octanol–water partition coefficient (Wildman–Crippen LogP) is 1.88. The van der Waals surface area contributed by atoms with Gasteiger partial charge in [0.1, 0.15) is 6.54 Å². The first kappa shape index (κ1) is 23.1. The zero-order chi connectivity index (χ0) is 23.4. The van der Waals surface area contributed by atoms with Crippen LogP contribution < -0.4 is 5.56 Å². The number of tetrazole rings is 1. The molecular formula is C23H30N6O4. The molecule has 4 rings (SSSR count). The lowest BCUT2D eigenvalue weighted by molar-refractivity contribution is -0.144. The molecule has 0 aliphatic carbocycles. The van der Waals surface area contributed by atoms with Gasteiger partial charge in [0, 0.05) is 25.3 Å². The molecule has 3 heterocycles. The molecule has 2 aromatic heterocycles. The van der Waals surface area contributed by atoms with Crippen molar-refractivity contribution in [3.63, 3.8) is 0 Å². The van der Waals surface area contributed by atoms with Gasteiger partial charge in [-0.05, 0) is 66.6 Å². The number of benzene rings is 1. The molecule has 10 nitrogen and oxygen atoms in total. The summed E-state index contributed by atoms with van der Waals surface area (Å²) in [6, 6.07) is 6.04. The Bertz CT molecular complexity index is 1180. The Morgan fingerprint density at radius 3 is 2.94 bits per heavy atom. The number of H-pyrrole nitrogens is 1. The fourth-order valence-corrected chi connectivity index (χ4v) is 4.18. The fraction of sp³-hybridized carbons (Fsp3) is 0.522. The van der Waals surface area contributed by atoms with E-state index in [2.05, 4.69) is 31.5 Å². The molecule has 1 atom stereocenters. The smallest absolute Gasteiger partial charge is 0.327 e. The van der Waals surface area contributed by atoms with Gasteiger partial charge in [-0.2, -0.15) is 0 Å². The van der Waals surface area contributed by atoms with Crippen LogP contribution in [0.4, 0.5) is 0 Å². The first-order chi connectivity index (χ1) is 15.9. The van der Waals surface area contributed by atoms with Crippen LogP contribution in [0.2, 0.25) is 0 Å². The summed E-state index contributed by atoms with van der Waals surface area (Å²) in [6.45, 7) is 8.20. The maximum Gasteiger partial charge on any atom is 0.327 e. The molecule has 176 valence electrons. The van der Waals surface area contributed by atoms with E-state index in [0.29, 0.717) is 37.6 Å². The van der Waals surface area contributed by atoms with Crippen molar-refractivity contribution in [1.29, 1.82) is 0 Å². The lowest BCUT2D eigenvalue weighted by Gasteiger charge is -2.24. The lowest BCUT2D eigenvalue weighted by Crippen LogP contribution is -2.34. The van der Waals surface area contributed by atoms with Crippen LogP contribution in [0.15, 0.2) is 23.0 Å². The topological polar surface area (TPSA) is 115 Å². The van der Waals surface area contributed by atoms with E-state index in [1.54, 1.807) is 6.92 Å². The molecule has 0 amide bonds. The van der Waals surface area contributed by atoms with Gasteiger partial charge in [-0.1, -0.05) is 12.1 Å². The number of pyridine rings is 1. The Morgan fingerprint density at radius 1 is 1.33 bits per heavy atom. The van der Waals surface area contributed by atoms with Crippen LogP contribution in [0.5, 0.6) is 0 Å². The van der Waals surface area contributed by atoms with Gasteiger partial charge in [-0.3, -0.25) is 14.5 Å². The zero-order valence-corrected chi connectivity index (χ0v) is 19.3. The predicted molar refractivity (Wildman–Crippen MR) is 122 cm³/mol. The molecule has 10 heteroatoms. The number of nitrogens with one attached hydrogen (secondary N) is 1. The standard InChI is InChI=1S/C23H30N6O4/c1-4-32-21(30)14-29-20(25-26-27-29)13-28(12-19-6-5-9-33-19)11-18-10-17-8-7-15(2)16(3)22(17)24-23(18)31/h7-8,10,19H,4-6,9,11-14H2,1-3H3,(H,24,31). The first-order valence-electron chi connectivity index (χ1n) is 11.3. The minimum absolute atomic E-state index is 0.0564. The average Bonchev–Trinajstić information content (AvgIpc) is 3.44. The van der Waals surface area contributed by atoms with Crippen molar-refractivity contribution in [3.05, 3.63) is 51.1 Å². The number of ether oxygens (including phenoxy) is 2. The lowest BCUT2D eigenvalue weighted by atomic mass is 10.0. The van der Waals surface area contributed by atoms with E-state index in [-0.39, 0.29) is 18.2 Å². The van der Waals surface area contributed by atoms with Gasteiger partial charge in [0.2, 0.25) is 0 Å². The van der Waals surface area contributed by atoms with Gasteiger partial charge >= 0.3 is 5.97 Å². The molecule has 3 aromatic rings. The largest absolute Gasteiger partial charge is 0.465 e. The van der Waals surface area contributed by atoms with Crippen LogP contribution in [0.1, 0.15) is 42.3 Å². The molecule has 0 saturated carbocycles. The van der Waals surface area contributed by atoms with Gasteiger partial charge in [0.15, 0.2) is 5.82 Å². The molecule has 1 aliphatic heterocycles. The average molecular weight is 455 g/mol. The third-order valence-electron chi connectivity index (χ3n) is 6.06. The van der Waals surface area contributed by atoms with Crippen LogP contribution in [-0.2, 0) is 33.9 Å². The number of esters is 1. The monoisotopic (exact) mass is 454 g/mol. The second-order valence-corrected chi connectivity index (χ2v) is 8.46. The van der Waals surface area contributed by atoms with Crippen molar-refractivity contribution in [2.24, 2.45) is 0 Å². The summed E-state index contributed by atoms with van der Waals surface area (Å²) in [5, 5.41) is 12.8. The minimum atomic E-state index is -0.395. The number of carbonyl (C=O) groups excluding carboxylic acids is 1. The van der Waals surface area contributed by atoms with Crippen molar-refractivity contribution < 1.29 is 14.3 Å². The minimum Gasteiger partial charge on any atom is -0.465 e. The van der Waals surface area contributed by atoms with E-state index in [1.165, 1.54) is 4.68 Å². The fourth-order valence-electron chi connectivity index (χ4n) is 4.18. The summed E-state index contributed by atoms with van der Waals surface area (Å²) in [6.07, 6.45) is 2.08. The van der Waals surface area contributed by atoms with Crippen LogP contribution in [0.3, 0.4) is 0 Å². The number of carbonyl (C=O) groups is 1. The van der Waals surface area contributed by atoms with Gasteiger partial charge in [-0.25, -0.2) is 4.68 Å². The Kier molecular flexibility index (Phi) is 7.14. The highest BCUT2D eigenvalue weighted by atomic mass is 16.5. The Morgan fingerprint density at radius 2 is 2.18 bits per heavy atom. The van der Waals surface area contributed by atoms with Crippen molar-refractivity contribution >= 4 is 16.9 Å². The number of aromatic nitrogens is 5. The van der Waals surface area contributed by atoms with E-state index in [4.69, 9.17) is 9.47 Å².